The van der Waals surface area contributed by atoms with Gasteiger partial charge in [-0.3, -0.25) is 14.5 Å². The number of halogens is 1. The van der Waals surface area contributed by atoms with Gasteiger partial charge in [-0.2, -0.15) is 0 Å². The Morgan fingerprint density at radius 2 is 2.05 bits per heavy atom. The van der Waals surface area contributed by atoms with Crippen LogP contribution >= 0.6 is 15.9 Å². The number of carbonyl (C=O) groups is 2. The molecule has 1 saturated heterocycles. The van der Waals surface area contributed by atoms with E-state index < -0.39 is 0 Å². The van der Waals surface area contributed by atoms with Gasteiger partial charge in [0, 0.05) is 26.2 Å². The van der Waals surface area contributed by atoms with E-state index in [9.17, 15) is 9.59 Å². The molecule has 0 aliphatic carbocycles. The first-order chi connectivity index (χ1) is 9.11. The summed E-state index contributed by atoms with van der Waals surface area (Å²) in [4.78, 5) is 27.0. The average Bonchev–Trinajstić information content (AvgIpc) is 2.85. The minimum absolute atomic E-state index is 0.130. The maximum atomic E-state index is 12.2. The molecule has 1 aliphatic heterocycles. The summed E-state index contributed by atoms with van der Waals surface area (Å²) in [5.41, 5.74) is 0. The van der Waals surface area contributed by atoms with Crippen LogP contribution in [0, 0.1) is 0 Å². The predicted octanol–water partition coefficient (Wildman–Crippen LogP) is 0.973. The Labute approximate surface area is 119 Å². The number of methoxy groups -OCH3 is 1. The van der Waals surface area contributed by atoms with E-state index in [0.29, 0.717) is 36.4 Å². The van der Waals surface area contributed by atoms with E-state index in [4.69, 9.17) is 4.42 Å². The average molecular weight is 331 g/mol. The summed E-state index contributed by atoms with van der Waals surface area (Å²) >= 11 is 3.27. The Morgan fingerprint density at radius 1 is 1.37 bits per heavy atom. The van der Waals surface area contributed by atoms with Crippen LogP contribution < -0.4 is 0 Å². The molecule has 19 heavy (non-hydrogen) atoms. The van der Waals surface area contributed by atoms with Crippen molar-refractivity contribution >= 4 is 27.8 Å². The number of esters is 1. The zero-order chi connectivity index (χ0) is 13.8. The van der Waals surface area contributed by atoms with E-state index in [2.05, 4.69) is 20.7 Å². The molecule has 2 heterocycles. The van der Waals surface area contributed by atoms with Crippen molar-refractivity contribution in [3.63, 3.8) is 0 Å². The summed E-state index contributed by atoms with van der Waals surface area (Å²) in [6.07, 6.45) is 1.48. The quantitative estimate of drug-likeness (QED) is 0.773. The van der Waals surface area contributed by atoms with Crippen LogP contribution in [0.15, 0.2) is 21.2 Å². The van der Waals surface area contributed by atoms with E-state index >= 15 is 0 Å². The highest BCUT2D eigenvalue weighted by molar-refractivity contribution is 9.10. The monoisotopic (exact) mass is 330 g/mol. The molecule has 0 N–H and O–H groups in total. The summed E-state index contributed by atoms with van der Waals surface area (Å²) in [6.45, 7) is 2.72. The third-order valence-electron chi connectivity index (χ3n) is 3.05. The first-order valence-electron chi connectivity index (χ1n) is 5.93. The highest BCUT2D eigenvalue weighted by atomic mass is 79.9. The summed E-state index contributed by atoms with van der Waals surface area (Å²) < 4.78 is 10.4. The molecule has 7 heteroatoms. The van der Waals surface area contributed by atoms with Crippen molar-refractivity contribution in [1.82, 2.24) is 9.80 Å². The van der Waals surface area contributed by atoms with Gasteiger partial charge < -0.3 is 14.1 Å². The van der Waals surface area contributed by atoms with Crippen molar-refractivity contribution in [2.24, 2.45) is 0 Å². The Bertz CT molecular complexity index is 466. The fraction of sp³-hybridized carbons (Fsp3) is 0.500. The molecule has 1 aromatic heterocycles. The molecule has 0 radical (unpaired) electrons. The van der Waals surface area contributed by atoms with Gasteiger partial charge in [0.15, 0.2) is 0 Å². The molecule has 0 unspecified atom stereocenters. The van der Waals surface area contributed by atoms with Crippen molar-refractivity contribution in [1.29, 1.82) is 0 Å². The van der Waals surface area contributed by atoms with Gasteiger partial charge in [-0.05, 0) is 22.0 Å². The topological polar surface area (TPSA) is 63.0 Å². The smallest absolute Gasteiger partial charge is 0.319 e. The van der Waals surface area contributed by atoms with Crippen molar-refractivity contribution in [3.8, 4) is 0 Å². The molecule has 104 valence electrons. The van der Waals surface area contributed by atoms with Gasteiger partial charge in [-0.1, -0.05) is 0 Å². The minimum atomic E-state index is -0.256. The molecular weight excluding hydrogens is 316 g/mol. The number of furan rings is 1. The van der Waals surface area contributed by atoms with E-state index in [1.54, 1.807) is 11.0 Å². The van der Waals surface area contributed by atoms with Gasteiger partial charge in [-0.15, -0.1) is 0 Å². The second-order valence-corrected chi connectivity index (χ2v) is 5.10. The Balaban J connectivity index is 1.88. The molecule has 2 rings (SSSR count). The second kappa shape index (κ2) is 6.21. The van der Waals surface area contributed by atoms with E-state index in [1.165, 1.54) is 13.4 Å². The number of rotatable bonds is 3. The second-order valence-electron chi connectivity index (χ2n) is 4.24. The predicted molar refractivity (Wildman–Crippen MR) is 70.8 cm³/mol. The van der Waals surface area contributed by atoms with Crippen LogP contribution in [-0.2, 0) is 9.53 Å². The number of hydrogen-bond donors (Lipinski definition) is 0. The van der Waals surface area contributed by atoms with Crippen LogP contribution in [-0.4, -0.2) is 61.5 Å². The first kappa shape index (κ1) is 14.1. The first-order valence-corrected chi connectivity index (χ1v) is 6.72. The lowest BCUT2D eigenvalue weighted by Crippen LogP contribution is -2.50. The summed E-state index contributed by atoms with van der Waals surface area (Å²) in [7, 11) is 1.37. The fourth-order valence-corrected chi connectivity index (χ4v) is 2.32. The molecule has 1 aliphatic rings. The van der Waals surface area contributed by atoms with Crippen LogP contribution in [0.4, 0.5) is 0 Å². The van der Waals surface area contributed by atoms with Gasteiger partial charge in [0.25, 0.3) is 5.91 Å². The third-order valence-corrected chi connectivity index (χ3v) is 3.68. The summed E-state index contributed by atoms with van der Waals surface area (Å²) in [5.74, 6) is -0.0652. The van der Waals surface area contributed by atoms with E-state index in [-0.39, 0.29) is 18.4 Å². The third kappa shape index (κ3) is 3.36. The maximum absolute atomic E-state index is 12.2. The van der Waals surface area contributed by atoms with Crippen molar-refractivity contribution in [2.45, 2.75) is 0 Å². The molecular formula is C12H15BrN2O4. The largest absolute Gasteiger partial charge is 0.468 e. The minimum Gasteiger partial charge on any atom is -0.468 e. The van der Waals surface area contributed by atoms with Crippen molar-refractivity contribution < 1.29 is 18.7 Å². The Kier molecular flexibility index (Phi) is 4.60. The molecule has 1 amide bonds. The number of carbonyl (C=O) groups excluding carboxylic acids is 2. The van der Waals surface area contributed by atoms with Gasteiger partial charge in [-0.25, -0.2) is 0 Å². The van der Waals surface area contributed by atoms with Crippen LogP contribution in [0.2, 0.25) is 0 Å². The molecule has 1 aromatic rings. The lowest BCUT2D eigenvalue weighted by molar-refractivity contribution is -0.142. The van der Waals surface area contributed by atoms with Crippen LogP contribution in [0.25, 0.3) is 0 Å². The lowest BCUT2D eigenvalue weighted by atomic mass is 10.3. The SMILES string of the molecule is COC(=O)CN1CCN(C(=O)c2occc2Br)CC1. The number of nitrogens with zero attached hydrogens (tertiary/aromatic N) is 2. The van der Waals surface area contributed by atoms with Gasteiger partial charge >= 0.3 is 5.97 Å². The maximum Gasteiger partial charge on any atom is 0.319 e. The van der Waals surface area contributed by atoms with Gasteiger partial charge in [0.1, 0.15) is 0 Å². The van der Waals surface area contributed by atoms with Crippen molar-refractivity contribution in [2.75, 3.05) is 39.8 Å². The molecule has 0 bridgehead atoms. The summed E-state index contributed by atoms with van der Waals surface area (Å²) in [6, 6.07) is 1.70. The molecule has 0 spiro atoms. The molecule has 0 aromatic carbocycles. The van der Waals surface area contributed by atoms with E-state index in [0.717, 1.165) is 0 Å². The van der Waals surface area contributed by atoms with Crippen LogP contribution in [0.1, 0.15) is 10.6 Å². The van der Waals surface area contributed by atoms with Crippen LogP contribution in [0.3, 0.4) is 0 Å². The lowest BCUT2D eigenvalue weighted by Gasteiger charge is -2.33. The molecule has 0 saturated carbocycles. The number of amides is 1. The van der Waals surface area contributed by atoms with Crippen LogP contribution in [0.5, 0.6) is 0 Å². The summed E-state index contributed by atoms with van der Waals surface area (Å²) in [5, 5.41) is 0. The number of ether oxygens (including phenoxy) is 1. The highest BCUT2D eigenvalue weighted by Crippen LogP contribution is 2.20. The normalized spacial score (nSPS) is 16.4. The zero-order valence-electron chi connectivity index (χ0n) is 10.6. The molecule has 0 atom stereocenters. The standard InChI is InChI=1S/C12H15BrN2O4/c1-18-10(16)8-14-3-5-15(6-4-14)12(17)11-9(13)2-7-19-11/h2,7H,3-6,8H2,1H3. The number of hydrogen-bond acceptors (Lipinski definition) is 5. The number of piperazine rings is 1. The van der Waals surface area contributed by atoms with Crippen molar-refractivity contribution in [3.05, 3.63) is 22.6 Å². The van der Waals surface area contributed by atoms with Gasteiger partial charge in [0.2, 0.25) is 5.76 Å². The fourth-order valence-electron chi connectivity index (χ4n) is 1.95. The van der Waals surface area contributed by atoms with E-state index in [1.807, 2.05) is 4.90 Å². The van der Waals surface area contributed by atoms with Gasteiger partial charge in [0.05, 0.1) is 24.4 Å². The zero-order valence-corrected chi connectivity index (χ0v) is 12.2. The highest BCUT2D eigenvalue weighted by Gasteiger charge is 2.26. The Hall–Kier alpha value is -1.34. The molecule has 6 nitrogen and oxygen atoms in total. The Morgan fingerprint density at radius 3 is 2.58 bits per heavy atom. The molecule has 1 fully saturated rings.